The maximum Gasteiger partial charge on any atom is 0.333 e. The molecule has 1 aliphatic heterocycles. The van der Waals surface area contributed by atoms with Gasteiger partial charge >= 0.3 is 5.69 Å². The molecule has 1 saturated heterocycles. The number of rotatable bonds is 8. The SMILES string of the molecule is C=C(C)n1c(=O)n(CCN2CCC(Nc3ccc(Cl)c(Cl)c3C(=O)CC)CC2)c2ccccc21. The number of Topliss-reactive ketones (excluding diaryl/α,β-unsaturated/α-hetero) is 1. The number of piperidine rings is 1. The van der Waals surface area contributed by atoms with Crippen molar-refractivity contribution >= 4 is 51.4 Å². The number of benzene rings is 2. The van der Waals surface area contributed by atoms with Crippen LogP contribution in [0.15, 0.2) is 47.8 Å². The number of nitrogens with one attached hydrogen (secondary N) is 1. The summed E-state index contributed by atoms with van der Waals surface area (Å²) >= 11 is 12.5. The van der Waals surface area contributed by atoms with Gasteiger partial charge in [0, 0.05) is 50.0 Å². The summed E-state index contributed by atoms with van der Waals surface area (Å²) in [6, 6.07) is 11.7. The number of carbonyl (C=O) groups is 1. The highest BCUT2D eigenvalue weighted by Crippen LogP contribution is 2.33. The first kappa shape index (κ1) is 24.6. The molecule has 0 amide bonds. The molecule has 2 aromatic carbocycles. The Morgan fingerprint density at radius 2 is 1.76 bits per heavy atom. The van der Waals surface area contributed by atoms with E-state index >= 15 is 0 Å². The van der Waals surface area contributed by atoms with Gasteiger partial charge in [0.05, 0.1) is 26.6 Å². The highest BCUT2D eigenvalue weighted by Gasteiger charge is 2.23. The lowest BCUT2D eigenvalue weighted by atomic mass is 10.0. The van der Waals surface area contributed by atoms with Gasteiger partial charge in [-0.15, -0.1) is 0 Å². The predicted molar refractivity (Wildman–Crippen MR) is 141 cm³/mol. The zero-order valence-electron chi connectivity index (χ0n) is 19.6. The van der Waals surface area contributed by atoms with Crippen molar-refractivity contribution in [2.24, 2.45) is 0 Å². The molecule has 1 fully saturated rings. The van der Waals surface area contributed by atoms with Crippen molar-refractivity contribution < 1.29 is 4.79 Å². The van der Waals surface area contributed by atoms with E-state index in [0.29, 0.717) is 28.6 Å². The van der Waals surface area contributed by atoms with Crippen molar-refractivity contribution in [1.82, 2.24) is 14.0 Å². The van der Waals surface area contributed by atoms with Gasteiger partial charge < -0.3 is 10.2 Å². The molecule has 1 N–H and O–H groups in total. The molecule has 0 bridgehead atoms. The summed E-state index contributed by atoms with van der Waals surface area (Å²) in [6.45, 7) is 10.9. The highest BCUT2D eigenvalue weighted by molar-refractivity contribution is 6.44. The van der Waals surface area contributed by atoms with E-state index in [4.69, 9.17) is 23.2 Å². The van der Waals surface area contributed by atoms with Crippen LogP contribution < -0.4 is 11.0 Å². The molecule has 0 unspecified atom stereocenters. The van der Waals surface area contributed by atoms with Crippen LogP contribution in [-0.2, 0) is 6.54 Å². The summed E-state index contributed by atoms with van der Waals surface area (Å²) in [5, 5.41) is 4.22. The van der Waals surface area contributed by atoms with Crippen molar-refractivity contribution in [3.05, 3.63) is 69.1 Å². The number of carbonyl (C=O) groups excluding carboxylic acids is 1. The van der Waals surface area contributed by atoms with Gasteiger partial charge in [0.1, 0.15) is 0 Å². The maximum absolute atomic E-state index is 13.0. The molecule has 0 aliphatic carbocycles. The second-order valence-electron chi connectivity index (χ2n) is 8.81. The standard InChI is InChI=1S/C26H30Cl2N4O2/c1-4-23(33)24-20(10-9-19(27)25(24)28)29-18-11-13-30(14-12-18)15-16-31-21-7-5-6-8-22(21)32(17(2)3)26(31)34/h5-10,18,29H,2,4,11-16H2,1,3H3. The van der Waals surface area contributed by atoms with E-state index in [1.807, 2.05) is 48.7 Å². The number of allylic oxidation sites excluding steroid dienone is 1. The van der Waals surface area contributed by atoms with Crippen LogP contribution in [0.25, 0.3) is 16.7 Å². The van der Waals surface area contributed by atoms with E-state index in [1.54, 1.807) is 10.6 Å². The molecule has 3 aromatic rings. The van der Waals surface area contributed by atoms with E-state index in [1.165, 1.54) is 0 Å². The average molecular weight is 501 g/mol. The Morgan fingerprint density at radius 1 is 1.09 bits per heavy atom. The van der Waals surface area contributed by atoms with Crippen LogP contribution >= 0.6 is 23.2 Å². The molecule has 0 radical (unpaired) electrons. The minimum atomic E-state index is -0.0435. The van der Waals surface area contributed by atoms with Crippen LogP contribution in [0.2, 0.25) is 10.0 Å². The first-order chi connectivity index (χ1) is 16.3. The third-order valence-corrected chi connectivity index (χ3v) is 7.30. The normalized spacial score (nSPS) is 15.1. The summed E-state index contributed by atoms with van der Waals surface area (Å²) in [7, 11) is 0. The fourth-order valence-corrected chi connectivity index (χ4v) is 5.10. The molecular weight excluding hydrogens is 471 g/mol. The third kappa shape index (κ3) is 4.81. The second-order valence-corrected chi connectivity index (χ2v) is 9.60. The number of aromatic nitrogens is 2. The monoisotopic (exact) mass is 500 g/mol. The second kappa shape index (κ2) is 10.4. The largest absolute Gasteiger partial charge is 0.382 e. The Labute approximate surface area is 209 Å². The average Bonchev–Trinajstić information content (AvgIpc) is 3.12. The molecule has 8 heteroatoms. The van der Waals surface area contributed by atoms with Crippen molar-refractivity contribution in [3.63, 3.8) is 0 Å². The first-order valence-corrected chi connectivity index (χ1v) is 12.4. The number of likely N-dealkylation sites (tertiary alicyclic amines) is 1. The van der Waals surface area contributed by atoms with Crippen molar-refractivity contribution in [3.8, 4) is 0 Å². The Balaban J connectivity index is 1.41. The van der Waals surface area contributed by atoms with Gasteiger partial charge in [-0.25, -0.2) is 4.79 Å². The molecular formula is C26H30Cl2N4O2. The van der Waals surface area contributed by atoms with E-state index in [0.717, 1.165) is 54.9 Å². The molecule has 6 nitrogen and oxygen atoms in total. The molecule has 0 spiro atoms. The zero-order valence-corrected chi connectivity index (χ0v) is 21.1. The maximum atomic E-state index is 13.0. The summed E-state index contributed by atoms with van der Waals surface area (Å²) in [4.78, 5) is 27.8. The van der Waals surface area contributed by atoms with Gasteiger partial charge in [0.2, 0.25) is 0 Å². The van der Waals surface area contributed by atoms with Crippen LogP contribution in [-0.4, -0.2) is 45.5 Å². The van der Waals surface area contributed by atoms with Gasteiger partial charge in [-0.3, -0.25) is 13.9 Å². The summed E-state index contributed by atoms with van der Waals surface area (Å²) < 4.78 is 3.52. The lowest BCUT2D eigenvalue weighted by molar-refractivity contribution is 0.0989. The van der Waals surface area contributed by atoms with E-state index in [2.05, 4.69) is 16.8 Å². The van der Waals surface area contributed by atoms with E-state index in [9.17, 15) is 9.59 Å². The number of hydrogen-bond acceptors (Lipinski definition) is 4. The lowest BCUT2D eigenvalue weighted by Crippen LogP contribution is -2.41. The van der Waals surface area contributed by atoms with Gasteiger partial charge in [-0.2, -0.15) is 0 Å². The molecule has 34 heavy (non-hydrogen) atoms. The number of nitrogens with zero attached hydrogens (tertiary/aromatic N) is 3. The number of hydrogen-bond donors (Lipinski definition) is 1. The molecule has 180 valence electrons. The van der Waals surface area contributed by atoms with Gasteiger partial charge in [0.15, 0.2) is 5.78 Å². The van der Waals surface area contributed by atoms with Gasteiger partial charge in [-0.1, -0.05) is 48.8 Å². The molecule has 0 atom stereocenters. The molecule has 0 saturated carbocycles. The Hall–Kier alpha value is -2.54. The Morgan fingerprint density at radius 3 is 2.41 bits per heavy atom. The number of para-hydroxylation sites is 2. The summed E-state index contributed by atoms with van der Waals surface area (Å²) in [5.74, 6) is -0.0215. The lowest BCUT2D eigenvalue weighted by Gasteiger charge is -2.33. The smallest absolute Gasteiger partial charge is 0.333 e. The Bertz CT molecular complexity index is 1290. The highest BCUT2D eigenvalue weighted by atomic mass is 35.5. The topological polar surface area (TPSA) is 59.3 Å². The quantitative estimate of drug-likeness (QED) is 0.398. The minimum absolute atomic E-state index is 0.0215. The first-order valence-electron chi connectivity index (χ1n) is 11.7. The fourth-order valence-electron chi connectivity index (χ4n) is 4.68. The van der Waals surface area contributed by atoms with E-state index < -0.39 is 0 Å². The van der Waals surface area contributed by atoms with Crippen molar-refractivity contribution in [2.75, 3.05) is 25.0 Å². The number of ketones is 1. The van der Waals surface area contributed by atoms with Crippen LogP contribution in [0.4, 0.5) is 5.69 Å². The number of imidazole rings is 1. The van der Waals surface area contributed by atoms with Crippen LogP contribution in [0, 0.1) is 0 Å². The third-order valence-electron chi connectivity index (χ3n) is 6.50. The Kier molecular flexibility index (Phi) is 7.51. The van der Waals surface area contributed by atoms with E-state index in [-0.39, 0.29) is 17.5 Å². The molecule has 1 aliphatic rings. The molecule has 1 aromatic heterocycles. The van der Waals surface area contributed by atoms with Crippen LogP contribution in [0.1, 0.15) is 43.5 Å². The van der Waals surface area contributed by atoms with Crippen LogP contribution in [0.5, 0.6) is 0 Å². The van der Waals surface area contributed by atoms with Crippen LogP contribution in [0.3, 0.4) is 0 Å². The fraction of sp³-hybridized carbons (Fsp3) is 0.385. The molecule has 2 heterocycles. The summed E-state index contributed by atoms with van der Waals surface area (Å²) in [5.41, 5.74) is 3.72. The van der Waals surface area contributed by atoms with Gasteiger partial charge in [-0.05, 0) is 44.0 Å². The zero-order chi connectivity index (χ0) is 24.4. The number of halogens is 2. The summed E-state index contributed by atoms with van der Waals surface area (Å²) in [6.07, 6.45) is 2.24. The van der Waals surface area contributed by atoms with Gasteiger partial charge in [0.25, 0.3) is 0 Å². The molecule has 4 rings (SSSR count). The minimum Gasteiger partial charge on any atom is -0.382 e. The number of anilines is 1. The number of fused-ring (bicyclic) bond motifs is 1. The van der Waals surface area contributed by atoms with Crippen molar-refractivity contribution in [1.29, 1.82) is 0 Å². The predicted octanol–water partition coefficient (Wildman–Crippen LogP) is 5.77. The van der Waals surface area contributed by atoms with Crippen molar-refractivity contribution in [2.45, 2.75) is 45.7 Å².